The molecule has 4 heteroatoms. The van der Waals surface area contributed by atoms with E-state index in [9.17, 15) is 0 Å². The van der Waals surface area contributed by atoms with Crippen molar-refractivity contribution < 1.29 is 4.74 Å². The van der Waals surface area contributed by atoms with Crippen molar-refractivity contribution in [2.75, 3.05) is 13.4 Å². The molecule has 0 amide bonds. The Hall–Kier alpha value is -1.21. The Balaban J connectivity index is 2.97. The highest BCUT2D eigenvalue weighted by molar-refractivity contribution is 7.98. The van der Waals surface area contributed by atoms with Gasteiger partial charge < -0.3 is 4.74 Å². The molecule has 0 spiro atoms. The molecule has 0 saturated carbocycles. The van der Waals surface area contributed by atoms with Crippen molar-refractivity contribution >= 4 is 11.8 Å². The first-order valence-electron chi connectivity index (χ1n) is 4.22. The van der Waals surface area contributed by atoms with E-state index in [4.69, 9.17) is 10.00 Å². The molecule has 0 aromatic carbocycles. The van der Waals surface area contributed by atoms with Crippen LogP contribution in [0.1, 0.15) is 17.2 Å². The van der Waals surface area contributed by atoms with E-state index in [0.29, 0.717) is 12.3 Å². The maximum absolute atomic E-state index is 8.67. The second-order valence-electron chi connectivity index (χ2n) is 2.69. The number of nitriles is 1. The molecule has 0 N–H and O–H groups in total. The fourth-order valence-electron chi connectivity index (χ4n) is 1.22. The van der Waals surface area contributed by atoms with Crippen molar-refractivity contribution in [1.82, 2.24) is 4.98 Å². The molecule has 0 saturated heterocycles. The maximum atomic E-state index is 8.67. The Morgan fingerprint density at radius 3 is 3.07 bits per heavy atom. The average Bonchev–Trinajstić information content (AvgIpc) is 2.26. The molecule has 1 aromatic heterocycles. The van der Waals surface area contributed by atoms with Crippen molar-refractivity contribution in [3.05, 3.63) is 23.9 Å². The highest BCUT2D eigenvalue weighted by atomic mass is 32.2. The molecule has 1 aromatic rings. The van der Waals surface area contributed by atoms with Crippen LogP contribution < -0.4 is 4.74 Å². The van der Waals surface area contributed by atoms with Gasteiger partial charge in [-0.2, -0.15) is 17.0 Å². The van der Waals surface area contributed by atoms with Gasteiger partial charge in [0.15, 0.2) is 0 Å². The third kappa shape index (κ3) is 2.39. The summed E-state index contributed by atoms with van der Waals surface area (Å²) in [7, 11) is 1.59. The third-order valence-corrected chi connectivity index (χ3v) is 2.89. The zero-order valence-corrected chi connectivity index (χ0v) is 9.04. The lowest BCUT2D eigenvalue weighted by Gasteiger charge is -2.13. The van der Waals surface area contributed by atoms with Gasteiger partial charge in [0.2, 0.25) is 5.88 Å². The number of hydrogen-bond acceptors (Lipinski definition) is 4. The second kappa shape index (κ2) is 5.51. The Morgan fingerprint density at radius 1 is 1.71 bits per heavy atom. The number of ether oxygens (including phenoxy) is 1. The summed E-state index contributed by atoms with van der Waals surface area (Å²) in [5.41, 5.74) is 0.990. The predicted molar refractivity (Wildman–Crippen MR) is 57.3 cm³/mol. The standard InChI is InChI=1S/C10H12N2OS/c1-13-10-8(4-3-7-12-10)9(14-2)5-6-11/h3-4,7,9H,5H2,1-2H3. The van der Waals surface area contributed by atoms with Crippen LogP contribution >= 0.6 is 11.8 Å². The zero-order valence-electron chi connectivity index (χ0n) is 8.23. The van der Waals surface area contributed by atoms with Gasteiger partial charge in [-0.25, -0.2) is 4.98 Å². The second-order valence-corrected chi connectivity index (χ2v) is 3.73. The quantitative estimate of drug-likeness (QED) is 0.762. The van der Waals surface area contributed by atoms with Gasteiger partial charge in [0.1, 0.15) is 0 Å². The molecule has 0 aliphatic rings. The molecule has 0 fully saturated rings. The van der Waals surface area contributed by atoms with Crippen LogP contribution in [0.15, 0.2) is 18.3 Å². The topological polar surface area (TPSA) is 45.9 Å². The minimum atomic E-state index is 0.142. The molecular weight excluding hydrogens is 196 g/mol. The highest BCUT2D eigenvalue weighted by Gasteiger charge is 2.14. The van der Waals surface area contributed by atoms with E-state index in [1.165, 1.54) is 0 Å². The molecule has 74 valence electrons. The van der Waals surface area contributed by atoms with Gasteiger partial charge in [0.05, 0.1) is 19.6 Å². The van der Waals surface area contributed by atoms with Gasteiger partial charge in [-0.05, 0) is 12.3 Å². The molecule has 1 unspecified atom stereocenters. The Morgan fingerprint density at radius 2 is 2.50 bits per heavy atom. The number of rotatable bonds is 4. The minimum Gasteiger partial charge on any atom is -0.481 e. The zero-order chi connectivity index (χ0) is 10.4. The van der Waals surface area contributed by atoms with Crippen LogP contribution in [0.25, 0.3) is 0 Å². The van der Waals surface area contributed by atoms with Crippen LogP contribution in [-0.4, -0.2) is 18.3 Å². The van der Waals surface area contributed by atoms with E-state index in [1.54, 1.807) is 25.1 Å². The predicted octanol–water partition coefficient (Wildman–Crippen LogP) is 2.41. The van der Waals surface area contributed by atoms with Crippen molar-refractivity contribution in [1.29, 1.82) is 5.26 Å². The van der Waals surface area contributed by atoms with Crippen LogP contribution in [0.4, 0.5) is 0 Å². The number of pyridine rings is 1. The summed E-state index contributed by atoms with van der Waals surface area (Å²) >= 11 is 1.63. The first kappa shape index (κ1) is 10.9. The van der Waals surface area contributed by atoms with Crippen molar-refractivity contribution in [2.45, 2.75) is 11.7 Å². The first-order chi connectivity index (χ1) is 6.83. The third-order valence-electron chi connectivity index (χ3n) is 1.90. The summed E-state index contributed by atoms with van der Waals surface area (Å²) in [6.45, 7) is 0. The Labute approximate surface area is 88.1 Å². The van der Waals surface area contributed by atoms with Gasteiger partial charge >= 0.3 is 0 Å². The summed E-state index contributed by atoms with van der Waals surface area (Å²) in [4.78, 5) is 4.10. The molecule has 0 radical (unpaired) electrons. The SMILES string of the molecule is COc1ncccc1C(CC#N)SC. The summed E-state index contributed by atoms with van der Waals surface area (Å²) in [6.07, 6.45) is 4.14. The van der Waals surface area contributed by atoms with E-state index in [0.717, 1.165) is 5.56 Å². The Kier molecular flexibility index (Phi) is 4.27. The minimum absolute atomic E-state index is 0.142. The van der Waals surface area contributed by atoms with Crippen LogP contribution in [0.3, 0.4) is 0 Å². The molecule has 14 heavy (non-hydrogen) atoms. The Bertz CT molecular complexity index is 335. The number of nitrogens with zero attached hydrogens (tertiary/aromatic N) is 2. The summed E-state index contributed by atoms with van der Waals surface area (Å²) in [5.74, 6) is 0.613. The fraction of sp³-hybridized carbons (Fsp3) is 0.400. The van der Waals surface area contributed by atoms with Crippen LogP contribution in [0, 0.1) is 11.3 Å². The van der Waals surface area contributed by atoms with Gasteiger partial charge in [-0.1, -0.05) is 6.07 Å². The lowest BCUT2D eigenvalue weighted by molar-refractivity contribution is 0.392. The monoisotopic (exact) mass is 208 g/mol. The molecule has 0 bridgehead atoms. The van der Waals surface area contributed by atoms with Gasteiger partial charge in [-0.3, -0.25) is 0 Å². The average molecular weight is 208 g/mol. The summed E-state index contributed by atoms with van der Waals surface area (Å²) in [5, 5.41) is 8.81. The first-order valence-corrected chi connectivity index (χ1v) is 5.51. The number of hydrogen-bond donors (Lipinski definition) is 0. The molecule has 1 atom stereocenters. The highest BCUT2D eigenvalue weighted by Crippen LogP contribution is 2.34. The molecule has 1 rings (SSSR count). The smallest absolute Gasteiger partial charge is 0.217 e. The number of aromatic nitrogens is 1. The van der Waals surface area contributed by atoms with E-state index < -0.39 is 0 Å². The number of methoxy groups -OCH3 is 1. The van der Waals surface area contributed by atoms with Crippen LogP contribution in [0.5, 0.6) is 5.88 Å². The largest absolute Gasteiger partial charge is 0.481 e. The van der Waals surface area contributed by atoms with Crippen LogP contribution in [-0.2, 0) is 0 Å². The summed E-state index contributed by atoms with van der Waals surface area (Å²) < 4.78 is 5.14. The van der Waals surface area contributed by atoms with Crippen molar-refractivity contribution in [3.8, 4) is 11.9 Å². The van der Waals surface area contributed by atoms with Crippen molar-refractivity contribution in [2.24, 2.45) is 0 Å². The maximum Gasteiger partial charge on any atom is 0.217 e. The molecule has 0 aliphatic heterocycles. The molecular formula is C10H12N2OS. The molecule has 3 nitrogen and oxygen atoms in total. The van der Waals surface area contributed by atoms with Gasteiger partial charge in [0, 0.05) is 17.0 Å². The summed E-state index contributed by atoms with van der Waals surface area (Å²) in [6, 6.07) is 5.97. The lowest BCUT2D eigenvalue weighted by atomic mass is 10.1. The van der Waals surface area contributed by atoms with Gasteiger partial charge in [0.25, 0.3) is 0 Å². The van der Waals surface area contributed by atoms with E-state index in [1.807, 2.05) is 18.4 Å². The van der Waals surface area contributed by atoms with Crippen LogP contribution in [0.2, 0.25) is 0 Å². The van der Waals surface area contributed by atoms with E-state index >= 15 is 0 Å². The fourth-order valence-corrected chi connectivity index (χ4v) is 1.90. The molecule has 1 heterocycles. The van der Waals surface area contributed by atoms with Gasteiger partial charge in [-0.15, -0.1) is 0 Å². The van der Waals surface area contributed by atoms with E-state index in [2.05, 4.69) is 11.1 Å². The number of thioether (sulfide) groups is 1. The molecule has 0 aliphatic carbocycles. The van der Waals surface area contributed by atoms with E-state index in [-0.39, 0.29) is 5.25 Å². The lowest BCUT2D eigenvalue weighted by Crippen LogP contribution is -1.98. The normalized spacial score (nSPS) is 11.8. The van der Waals surface area contributed by atoms with Crippen molar-refractivity contribution in [3.63, 3.8) is 0 Å².